The van der Waals surface area contributed by atoms with Crippen LogP contribution in [0.5, 0.6) is 0 Å². The van der Waals surface area contributed by atoms with Gasteiger partial charge in [0.05, 0.1) is 13.0 Å². The molecule has 5 nitrogen and oxygen atoms in total. The number of nitrogens with zero attached hydrogens (tertiary/aromatic N) is 3. The molecular weight excluding hydrogens is 254 g/mol. The Morgan fingerprint density at radius 3 is 3.05 bits per heavy atom. The standard InChI is InChI=1S/C15H25N3O2/c1-4-6-17-7-5-16-15(17)10-13(19)14-11-18(12(2)3)8-9-20-14/h5,7,12,14H,4,6,8-11H2,1-3H3. The fourth-order valence-electron chi connectivity index (χ4n) is 2.55. The molecule has 1 aliphatic rings. The van der Waals surface area contributed by atoms with Gasteiger partial charge in [0.1, 0.15) is 11.9 Å². The second-order valence-corrected chi connectivity index (χ2v) is 5.63. The van der Waals surface area contributed by atoms with E-state index in [4.69, 9.17) is 4.74 Å². The quantitative estimate of drug-likeness (QED) is 0.792. The van der Waals surface area contributed by atoms with Crippen LogP contribution in [0.1, 0.15) is 33.0 Å². The van der Waals surface area contributed by atoms with Gasteiger partial charge in [-0.2, -0.15) is 0 Å². The van der Waals surface area contributed by atoms with Crippen molar-refractivity contribution in [2.24, 2.45) is 0 Å². The highest BCUT2D eigenvalue weighted by Crippen LogP contribution is 2.12. The maximum atomic E-state index is 12.4. The molecule has 0 bridgehead atoms. The van der Waals surface area contributed by atoms with Crippen molar-refractivity contribution < 1.29 is 9.53 Å². The van der Waals surface area contributed by atoms with Crippen LogP contribution in [0.15, 0.2) is 12.4 Å². The molecule has 5 heteroatoms. The molecule has 1 saturated heterocycles. The summed E-state index contributed by atoms with van der Waals surface area (Å²) in [4.78, 5) is 19.0. The minimum Gasteiger partial charge on any atom is -0.368 e. The van der Waals surface area contributed by atoms with Gasteiger partial charge < -0.3 is 9.30 Å². The Hall–Kier alpha value is -1.20. The maximum Gasteiger partial charge on any atom is 0.170 e. The van der Waals surface area contributed by atoms with E-state index < -0.39 is 0 Å². The van der Waals surface area contributed by atoms with Gasteiger partial charge in [-0.1, -0.05) is 6.92 Å². The van der Waals surface area contributed by atoms with E-state index in [2.05, 4.69) is 35.2 Å². The third-order valence-corrected chi connectivity index (χ3v) is 3.79. The summed E-state index contributed by atoms with van der Waals surface area (Å²) < 4.78 is 7.70. The zero-order chi connectivity index (χ0) is 14.5. The molecule has 1 unspecified atom stereocenters. The summed E-state index contributed by atoms with van der Waals surface area (Å²) in [6.45, 7) is 9.58. The van der Waals surface area contributed by atoms with Gasteiger partial charge >= 0.3 is 0 Å². The van der Waals surface area contributed by atoms with Crippen molar-refractivity contribution in [3.8, 4) is 0 Å². The second-order valence-electron chi connectivity index (χ2n) is 5.63. The molecule has 2 heterocycles. The first kappa shape index (κ1) is 15.2. The van der Waals surface area contributed by atoms with Crippen molar-refractivity contribution in [3.63, 3.8) is 0 Å². The van der Waals surface area contributed by atoms with E-state index in [9.17, 15) is 4.79 Å². The topological polar surface area (TPSA) is 47.4 Å². The number of carbonyl (C=O) groups is 1. The molecule has 1 atom stereocenters. The van der Waals surface area contributed by atoms with Crippen LogP contribution in [0.3, 0.4) is 0 Å². The molecule has 1 aliphatic heterocycles. The molecule has 1 fully saturated rings. The molecule has 0 radical (unpaired) electrons. The van der Waals surface area contributed by atoms with E-state index in [0.717, 1.165) is 25.3 Å². The molecule has 1 aromatic heterocycles. The summed E-state index contributed by atoms with van der Waals surface area (Å²) in [5, 5.41) is 0. The van der Waals surface area contributed by atoms with Gasteiger partial charge in [0.2, 0.25) is 0 Å². The van der Waals surface area contributed by atoms with Gasteiger partial charge in [-0.3, -0.25) is 9.69 Å². The van der Waals surface area contributed by atoms with Crippen molar-refractivity contribution in [3.05, 3.63) is 18.2 Å². The molecule has 0 spiro atoms. The van der Waals surface area contributed by atoms with Crippen LogP contribution in [0.25, 0.3) is 0 Å². The first-order valence-corrected chi connectivity index (χ1v) is 7.50. The van der Waals surface area contributed by atoms with Crippen LogP contribution in [0, 0.1) is 0 Å². The zero-order valence-electron chi connectivity index (χ0n) is 12.7. The molecule has 20 heavy (non-hydrogen) atoms. The van der Waals surface area contributed by atoms with Crippen LogP contribution in [0.4, 0.5) is 0 Å². The number of morpholine rings is 1. The molecule has 0 N–H and O–H groups in total. The molecule has 0 aliphatic carbocycles. The average molecular weight is 279 g/mol. The lowest BCUT2D eigenvalue weighted by Gasteiger charge is -2.34. The number of ketones is 1. The van der Waals surface area contributed by atoms with Crippen molar-refractivity contribution in [2.45, 2.75) is 52.3 Å². The Bertz CT molecular complexity index is 442. The first-order chi connectivity index (χ1) is 9.61. The lowest BCUT2D eigenvalue weighted by molar-refractivity contribution is -0.136. The van der Waals surface area contributed by atoms with Crippen LogP contribution in [-0.4, -0.2) is 52.1 Å². The monoisotopic (exact) mass is 279 g/mol. The fraction of sp³-hybridized carbons (Fsp3) is 0.733. The molecule has 0 amide bonds. The number of Topliss-reactive ketones (excluding diaryl/α,β-unsaturated/α-hetero) is 1. The summed E-state index contributed by atoms with van der Waals surface area (Å²) in [5.74, 6) is 0.987. The van der Waals surface area contributed by atoms with E-state index in [1.165, 1.54) is 0 Å². The first-order valence-electron chi connectivity index (χ1n) is 7.50. The van der Waals surface area contributed by atoms with Gasteiger partial charge in [0, 0.05) is 38.1 Å². The number of aryl methyl sites for hydroxylation is 1. The van der Waals surface area contributed by atoms with Gasteiger partial charge in [0.15, 0.2) is 5.78 Å². The number of rotatable bonds is 6. The van der Waals surface area contributed by atoms with Crippen molar-refractivity contribution in [1.29, 1.82) is 0 Å². The number of carbonyl (C=O) groups excluding carboxylic acids is 1. The van der Waals surface area contributed by atoms with Gasteiger partial charge in [-0.05, 0) is 20.3 Å². The number of hydrogen-bond acceptors (Lipinski definition) is 4. The average Bonchev–Trinajstić information content (AvgIpc) is 2.86. The van der Waals surface area contributed by atoms with Gasteiger partial charge in [0.25, 0.3) is 0 Å². The molecular formula is C15H25N3O2. The number of ether oxygens (including phenoxy) is 1. The number of imidazole rings is 1. The van der Waals surface area contributed by atoms with E-state index in [0.29, 0.717) is 25.6 Å². The van der Waals surface area contributed by atoms with Crippen LogP contribution in [-0.2, 0) is 22.5 Å². The molecule has 0 aromatic carbocycles. The predicted molar refractivity (Wildman–Crippen MR) is 77.7 cm³/mol. The predicted octanol–water partition coefficient (Wildman–Crippen LogP) is 1.51. The normalized spacial score (nSPS) is 20.5. The van der Waals surface area contributed by atoms with Gasteiger partial charge in [-0.25, -0.2) is 4.98 Å². The highest BCUT2D eigenvalue weighted by molar-refractivity contribution is 5.85. The van der Waals surface area contributed by atoms with Crippen molar-refractivity contribution in [1.82, 2.24) is 14.5 Å². The summed E-state index contributed by atoms with van der Waals surface area (Å²) in [6, 6.07) is 0.455. The largest absolute Gasteiger partial charge is 0.368 e. The molecule has 1 aromatic rings. The van der Waals surface area contributed by atoms with Crippen molar-refractivity contribution in [2.75, 3.05) is 19.7 Å². The smallest absolute Gasteiger partial charge is 0.170 e. The number of hydrogen-bond donors (Lipinski definition) is 0. The highest BCUT2D eigenvalue weighted by Gasteiger charge is 2.28. The lowest BCUT2D eigenvalue weighted by atomic mass is 10.1. The number of aromatic nitrogens is 2. The summed E-state index contributed by atoms with van der Waals surface area (Å²) in [6.07, 6.45) is 4.80. The third-order valence-electron chi connectivity index (χ3n) is 3.79. The van der Waals surface area contributed by atoms with E-state index in [-0.39, 0.29) is 11.9 Å². The Balaban J connectivity index is 1.95. The minimum absolute atomic E-state index is 0.138. The SMILES string of the molecule is CCCn1ccnc1CC(=O)C1CN(C(C)C)CCO1. The van der Waals surface area contributed by atoms with E-state index >= 15 is 0 Å². The lowest BCUT2D eigenvalue weighted by Crippen LogP contribution is -2.49. The fourth-order valence-corrected chi connectivity index (χ4v) is 2.55. The zero-order valence-corrected chi connectivity index (χ0v) is 12.7. The van der Waals surface area contributed by atoms with Gasteiger partial charge in [-0.15, -0.1) is 0 Å². The molecule has 2 rings (SSSR count). The second kappa shape index (κ2) is 6.99. The van der Waals surface area contributed by atoms with Crippen molar-refractivity contribution >= 4 is 5.78 Å². The van der Waals surface area contributed by atoms with Crippen LogP contribution < -0.4 is 0 Å². The Kier molecular flexibility index (Phi) is 5.31. The Morgan fingerprint density at radius 1 is 1.55 bits per heavy atom. The highest BCUT2D eigenvalue weighted by atomic mass is 16.5. The summed E-state index contributed by atoms with van der Waals surface area (Å²) in [7, 11) is 0. The molecule has 112 valence electrons. The van der Waals surface area contributed by atoms with Crippen LogP contribution >= 0.6 is 0 Å². The summed E-state index contributed by atoms with van der Waals surface area (Å²) in [5.41, 5.74) is 0. The van der Waals surface area contributed by atoms with E-state index in [1.54, 1.807) is 6.20 Å². The third kappa shape index (κ3) is 3.67. The van der Waals surface area contributed by atoms with Crippen LogP contribution in [0.2, 0.25) is 0 Å². The Labute approximate surface area is 120 Å². The maximum absolute atomic E-state index is 12.4. The molecule has 0 saturated carbocycles. The summed E-state index contributed by atoms with van der Waals surface area (Å²) >= 11 is 0. The van der Waals surface area contributed by atoms with E-state index in [1.807, 2.05) is 6.20 Å². The minimum atomic E-state index is -0.307. The Morgan fingerprint density at radius 2 is 2.35 bits per heavy atom.